The molecule has 0 heterocycles. The fourth-order valence-corrected chi connectivity index (χ4v) is 2.90. The van der Waals surface area contributed by atoms with Crippen molar-refractivity contribution in [2.75, 3.05) is 6.54 Å². The lowest BCUT2D eigenvalue weighted by Crippen LogP contribution is -2.24. The Balaban J connectivity index is 2.89. The predicted octanol–water partition coefficient (Wildman–Crippen LogP) is 2.46. The number of nitrogens with zero attached hydrogens (tertiary/aromatic N) is 1. The van der Waals surface area contributed by atoms with Crippen molar-refractivity contribution in [2.45, 2.75) is 18.2 Å². The summed E-state index contributed by atoms with van der Waals surface area (Å²) in [6, 6.07) is 5.99. The second-order valence-corrected chi connectivity index (χ2v) is 5.66. The van der Waals surface area contributed by atoms with Gasteiger partial charge < -0.3 is 0 Å². The highest BCUT2D eigenvalue weighted by atomic mass is 35.5. The third-order valence-electron chi connectivity index (χ3n) is 2.19. The summed E-state index contributed by atoms with van der Waals surface area (Å²) >= 11 is 5.85. The Morgan fingerprint density at radius 1 is 1.50 bits per heavy atom. The van der Waals surface area contributed by atoms with Gasteiger partial charge in [-0.1, -0.05) is 23.8 Å². The first kappa shape index (κ1) is 14.7. The molecule has 6 heteroatoms. The van der Waals surface area contributed by atoms with Crippen molar-refractivity contribution in [1.29, 1.82) is 5.26 Å². The molecule has 96 valence electrons. The molecular weight excluding hydrogens is 272 g/mol. The minimum atomic E-state index is -3.62. The Hall–Kier alpha value is -1.35. The van der Waals surface area contributed by atoms with Crippen molar-refractivity contribution in [3.05, 3.63) is 40.9 Å². The number of halogens is 1. The summed E-state index contributed by atoms with van der Waals surface area (Å²) in [6.07, 6.45) is 4.33. The van der Waals surface area contributed by atoms with Gasteiger partial charge in [0.1, 0.15) is 4.90 Å². The van der Waals surface area contributed by atoms with E-state index in [1.54, 1.807) is 0 Å². The Morgan fingerprint density at radius 3 is 2.78 bits per heavy atom. The van der Waals surface area contributed by atoms with Gasteiger partial charge in [-0.15, -0.1) is 0 Å². The van der Waals surface area contributed by atoms with Crippen LogP contribution in [0.5, 0.6) is 0 Å². The summed E-state index contributed by atoms with van der Waals surface area (Å²) in [6.45, 7) is 2.18. The number of nitrogens with one attached hydrogen (secondary N) is 1. The summed E-state index contributed by atoms with van der Waals surface area (Å²) in [4.78, 5) is -0.0105. The van der Waals surface area contributed by atoms with Crippen molar-refractivity contribution < 1.29 is 8.42 Å². The Labute approximate surface area is 112 Å². The van der Waals surface area contributed by atoms with Gasteiger partial charge in [-0.3, -0.25) is 0 Å². The van der Waals surface area contributed by atoms with Crippen LogP contribution in [0.25, 0.3) is 0 Å². The van der Waals surface area contributed by atoms with Crippen LogP contribution >= 0.6 is 11.6 Å². The number of allylic oxidation sites excluding steroid dienone is 1. The number of nitriles is 1. The van der Waals surface area contributed by atoms with E-state index in [0.29, 0.717) is 18.5 Å². The topological polar surface area (TPSA) is 70.0 Å². The molecule has 0 unspecified atom stereocenters. The average Bonchev–Trinajstić information content (AvgIpc) is 2.34. The number of hydrogen-bond acceptors (Lipinski definition) is 3. The molecule has 0 aliphatic rings. The van der Waals surface area contributed by atoms with E-state index in [2.05, 4.69) is 4.72 Å². The number of benzene rings is 1. The highest BCUT2D eigenvalue weighted by Crippen LogP contribution is 2.22. The molecule has 0 aliphatic carbocycles. The van der Waals surface area contributed by atoms with Gasteiger partial charge in [0.05, 0.1) is 16.7 Å². The summed E-state index contributed by atoms with van der Waals surface area (Å²) in [5, 5.41) is 8.72. The molecule has 18 heavy (non-hydrogen) atoms. The van der Waals surface area contributed by atoms with Crippen LogP contribution in [0, 0.1) is 11.3 Å². The molecule has 0 aliphatic heterocycles. The molecule has 0 aromatic heterocycles. The van der Waals surface area contributed by atoms with Crippen LogP contribution < -0.4 is 4.72 Å². The van der Waals surface area contributed by atoms with E-state index in [-0.39, 0.29) is 9.92 Å². The lowest BCUT2D eigenvalue weighted by Gasteiger charge is -2.07. The molecular formula is C12H13ClN2O2S. The third-order valence-corrected chi connectivity index (χ3v) is 4.13. The quantitative estimate of drug-likeness (QED) is 0.667. The van der Waals surface area contributed by atoms with E-state index >= 15 is 0 Å². The van der Waals surface area contributed by atoms with Crippen molar-refractivity contribution in [3.8, 4) is 6.07 Å². The molecule has 0 fully saturated rings. The summed E-state index contributed by atoms with van der Waals surface area (Å²) in [7, 11) is -3.62. The molecule has 0 saturated heterocycles. The molecule has 1 aromatic carbocycles. The highest BCUT2D eigenvalue weighted by molar-refractivity contribution is 7.89. The fraction of sp³-hybridized carbons (Fsp3) is 0.250. The Kier molecular flexibility index (Phi) is 5.35. The molecule has 0 amide bonds. The first-order chi connectivity index (χ1) is 8.51. The average molecular weight is 285 g/mol. The zero-order chi connectivity index (χ0) is 13.6. The highest BCUT2D eigenvalue weighted by Gasteiger charge is 2.17. The van der Waals surface area contributed by atoms with Crippen LogP contribution in [0.1, 0.15) is 18.9 Å². The maximum absolute atomic E-state index is 11.9. The normalized spacial score (nSPS) is 11.6. The molecule has 1 aromatic rings. The van der Waals surface area contributed by atoms with Crippen LogP contribution in [0.2, 0.25) is 5.02 Å². The first-order valence-electron chi connectivity index (χ1n) is 5.31. The predicted molar refractivity (Wildman–Crippen MR) is 70.8 cm³/mol. The smallest absolute Gasteiger partial charge is 0.211 e. The van der Waals surface area contributed by atoms with Gasteiger partial charge in [0, 0.05) is 6.54 Å². The van der Waals surface area contributed by atoms with Gasteiger partial charge in [-0.05, 0) is 31.5 Å². The summed E-state index contributed by atoms with van der Waals surface area (Å²) < 4.78 is 26.3. The lowest BCUT2D eigenvalue weighted by atomic mass is 10.2. The zero-order valence-electron chi connectivity index (χ0n) is 9.85. The Bertz CT molecular complexity index is 589. The van der Waals surface area contributed by atoms with Gasteiger partial charge in [0.15, 0.2) is 0 Å². The Morgan fingerprint density at radius 2 is 2.22 bits per heavy atom. The van der Waals surface area contributed by atoms with Gasteiger partial charge in [0.25, 0.3) is 0 Å². The summed E-state index contributed by atoms with van der Waals surface area (Å²) in [5.41, 5.74) is 0.327. The standard InChI is InChI=1S/C12H13ClN2O2S/c1-2-3-4-7-15-18(16,17)12-6-5-10(9-14)8-11(12)13/h2-3,5-6,8,15H,4,7H2,1H3/b3-2+. The van der Waals surface area contributed by atoms with E-state index in [1.165, 1.54) is 18.2 Å². The molecule has 0 radical (unpaired) electrons. The third kappa shape index (κ3) is 3.84. The van der Waals surface area contributed by atoms with E-state index in [1.807, 2.05) is 25.1 Å². The SMILES string of the molecule is C/C=C/CCNS(=O)(=O)c1ccc(C#N)cc1Cl. The van der Waals surface area contributed by atoms with E-state index in [0.717, 1.165) is 0 Å². The molecule has 1 rings (SSSR count). The lowest BCUT2D eigenvalue weighted by molar-refractivity contribution is 0.582. The second-order valence-electron chi connectivity index (χ2n) is 3.51. The number of sulfonamides is 1. The fourth-order valence-electron chi connectivity index (χ4n) is 1.31. The van der Waals surface area contributed by atoms with Crippen molar-refractivity contribution in [1.82, 2.24) is 4.72 Å². The molecule has 0 spiro atoms. The van der Waals surface area contributed by atoms with Crippen molar-refractivity contribution in [3.63, 3.8) is 0 Å². The van der Waals surface area contributed by atoms with Gasteiger partial charge in [-0.2, -0.15) is 5.26 Å². The largest absolute Gasteiger partial charge is 0.242 e. The minimum absolute atomic E-state index is 0.0105. The van der Waals surface area contributed by atoms with Gasteiger partial charge in [0.2, 0.25) is 10.0 Å². The van der Waals surface area contributed by atoms with Crippen LogP contribution in [-0.4, -0.2) is 15.0 Å². The summed E-state index contributed by atoms with van der Waals surface area (Å²) in [5.74, 6) is 0. The second kappa shape index (κ2) is 6.55. The monoisotopic (exact) mass is 284 g/mol. The van der Waals surface area contributed by atoms with Gasteiger partial charge >= 0.3 is 0 Å². The van der Waals surface area contributed by atoms with Crippen LogP contribution in [-0.2, 0) is 10.0 Å². The zero-order valence-corrected chi connectivity index (χ0v) is 11.4. The molecule has 0 atom stereocenters. The van der Waals surface area contributed by atoms with Crippen LogP contribution in [0.4, 0.5) is 0 Å². The number of hydrogen-bond donors (Lipinski definition) is 1. The maximum Gasteiger partial charge on any atom is 0.242 e. The number of rotatable bonds is 5. The van der Waals surface area contributed by atoms with Crippen molar-refractivity contribution >= 4 is 21.6 Å². The van der Waals surface area contributed by atoms with E-state index < -0.39 is 10.0 Å². The first-order valence-corrected chi connectivity index (χ1v) is 7.18. The minimum Gasteiger partial charge on any atom is -0.211 e. The molecule has 0 saturated carbocycles. The van der Waals surface area contributed by atoms with Gasteiger partial charge in [-0.25, -0.2) is 13.1 Å². The van der Waals surface area contributed by atoms with Crippen LogP contribution in [0.15, 0.2) is 35.2 Å². The van der Waals surface area contributed by atoms with E-state index in [4.69, 9.17) is 16.9 Å². The molecule has 1 N–H and O–H groups in total. The molecule has 4 nitrogen and oxygen atoms in total. The maximum atomic E-state index is 11.9. The van der Waals surface area contributed by atoms with Crippen molar-refractivity contribution in [2.24, 2.45) is 0 Å². The molecule has 0 bridgehead atoms. The van der Waals surface area contributed by atoms with E-state index in [9.17, 15) is 8.42 Å². The van der Waals surface area contributed by atoms with Crippen LogP contribution in [0.3, 0.4) is 0 Å².